The SMILES string of the molecule is COc1ccc2cc1OCc1ccc3c(c(O)ccc3c1)CC#COC(CC1C=C(O)C=CC1CCCCc1ccccc1)CC(=O)CC2. The van der Waals surface area contributed by atoms with Crippen molar-refractivity contribution in [3.05, 3.63) is 125 Å². The molecule has 7 rings (SSSR count). The lowest BCUT2D eigenvalue weighted by atomic mass is 9.80. The molecule has 6 heteroatoms. The number of phenols is 1. The lowest BCUT2D eigenvalue weighted by molar-refractivity contribution is -0.121. The number of Topliss-reactive ketones (excluding diaryl/α,β-unsaturated/α-hetero) is 1. The molecule has 49 heavy (non-hydrogen) atoms. The summed E-state index contributed by atoms with van der Waals surface area (Å²) in [6, 6.07) is 25.9. The zero-order chi connectivity index (χ0) is 34.0. The number of unbranched alkanes of at least 4 members (excludes halogenated alkanes) is 1. The van der Waals surface area contributed by atoms with Crippen molar-refractivity contribution in [1.29, 1.82) is 0 Å². The first-order valence-corrected chi connectivity index (χ1v) is 17.3. The maximum absolute atomic E-state index is 13.4. The van der Waals surface area contributed by atoms with Crippen LogP contribution in [0, 0.1) is 23.9 Å². The first kappa shape index (κ1) is 33.7. The normalized spacial score (nSPS) is 19.5. The number of carbonyl (C=O) groups excluding carboxylic acids is 1. The molecule has 6 bridgehead atoms. The fraction of sp³-hybridized carbons (Fsp3) is 0.326. The van der Waals surface area contributed by atoms with Crippen molar-refractivity contribution in [3.63, 3.8) is 0 Å². The molecule has 3 unspecified atom stereocenters. The van der Waals surface area contributed by atoms with Gasteiger partial charge in [0, 0.05) is 24.8 Å². The molecule has 3 aliphatic rings. The van der Waals surface area contributed by atoms with Gasteiger partial charge < -0.3 is 24.4 Å². The Morgan fingerprint density at radius 2 is 1.78 bits per heavy atom. The molecule has 2 heterocycles. The Hall–Kier alpha value is -5.15. The first-order chi connectivity index (χ1) is 23.9. The number of hydrogen-bond acceptors (Lipinski definition) is 6. The molecular weight excluding hydrogens is 612 g/mol. The highest BCUT2D eigenvalue weighted by atomic mass is 16.5. The summed E-state index contributed by atoms with van der Waals surface area (Å²) in [5, 5.41) is 23.1. The summed E-state index contributed by atoms with van der Waals surface area (Å²) in [5.74, 6) is 5.10. The van der Waals surface area contributed by atoms with Crippen molar-refractivity contribution in [2.24, 2.45) is 11.8 Å². The van der Waals surface area contributed by atoms with Gasteiger partial charge in [-0.25, -0.2) is 0 Å². The van der Waals surface area contributed by atoms with Crippen LogP contribution >= 0.6 is 0 Å². The molecule has 6 nitrogen and oxygen atoms in total. The van der Waals surface area contributed by atoms with Gasteiger partial charge >= 0.3 is 0 Å². The molecule has 252 valence electrons. The molecule has 4 aromatic rings. The maximum Gasteiger partial charge on any atom is 0.161 e. The van der Waals surface area contributed by atoms with Crippen molar-refractivity contribution < 1.29 is 29.2 Å². The number of ether oxygens (including phenoxy) is 3. The van der Waals surface area contributed by atoms with E-state index in [0.717, 1.165) is 53.1 Å². The number of phenolic OH excluding ortho intramolecular Hbond substituents is 1. The third-order valence-electron chi connectivity index (χ3n) is 9.58. The summed E-state index contributed by atoms with van der Waals surface area (Å²) >= 11 is 0. The average Bonchev–Trinajstić information content (AvgIpc) is 3.11. The van der Waals surface area contributed by atoms with Crippen LogP contribution in [0.25, 0.3) is 10.8 Å². The molecule has 3 atom stereocenters. The number of aliphatic hydroxyl groups excluding tert-OH is 1. The van der Waals surface area contributed by atoms with E-state index in [1.807, 2.05) is 48.5 Å². The second kappa shape index (κ2) is 16.3. The van der Waals surface area contributed by atoms with Crippen LogP contribution in [-0.2, 0) is 35.4 Å². The second-order valence-corrected chi connectivity index (χ2v) is 13.1. The van der Waals surface area contributed by atoms with Gasteiger partial charge in [0.2, 0.25) is 0 Å². The third kappa shape index (κ3) is 9.06. The fourth-order valence-corrected chi connectivity index (χ4v) is 6.89. The third-order valence-corrected chi connectivity index (χ3v) is 9.58. The minimum atomic E-state index is -0.451. The van der Waals surface area contributed by atoms with Gasteiger partial charge in [0.25, 0.3) is 0 Å². The molecular formula is C43H44O6. The van der Waals surface area contributed by atoms with Crippen LogP contribution in [0.1, 0.15) is 60.8 Å². The molecule has 0 aromatic heterocycles. The molecule has 2 N–H and O–H groups in total. The number of rotatable bonds is 8. The minimum Gasteiger partial charge on any atom is -0.508 e. The number of fused-ring (bicyclic) bond motifs is 9. The molecule has 0 radical (unpaired) electrons. The minimum absolute atomic E-state index is 0.0144. The Kier molecular flexibility index (Phi) is 11.2. The number of benzene rings is 4. The Morgan fingerprint density at radius 3 is 2.63 bits per heavy atom. The molecule has 0 spiro atoms. The van der Waals surface area contributed by atoms with Crippen molar-refractivity contribution in [3.8, 4) is 29.3 Å². The standard InChI is InChI=1S/C43H44O6/c1-47-42-22-15-31-13-18-37(45)28-38(27-35-26-36(44)19-16-33(35)11-6-5-10-30-8-3-2-4-9-30)48-23-7-12-40-39-20-14-32(29-49-43(42)25-31)24-34(39)17-21-41(40)46/h2-4,8-9,14-17,19-22,24-26,33,35,38,44,46H,5-6,10-13,18,27-29H2,1H3. The predicted octanol–water partition coefficient (Wildman–Crippen LogP) is 8.97. The van der Waals surface area contributed by atoms with Gasteiger partial charge in [-0.05, 0) is 108 Å². The van der Waals surface area contributed by atoms with Gasteiger partial charge in [-0.3, -0.25) is 4.79 Å². The fourth-order valence-electron chi connectivity index (χ4n) is 6.89. The smallest absolute Gasteiger partial charge is 0.161 e. The summed E-state index contributed by atoms with van der Waals surface area (Å²) in [7, 11) is 1.62. The summed E-state index contributed by atoms with van der Waals surface area (Å²) in [6.07, 6.45) is 14.3. The monoisotopic (exact) mass is 656 g/mol. The molecule has 0 saturated heterocycles. The van der Waals surface area contributed by atoms with Crippen molar-refractivity contribution in [2.45, 2.75) is 70.5 Å². The second-order valence-electron chi connectivity index (χ2n) is 13.1. The van der Waals surface area contributed by atoms with Crippen LogP contribution in [0.5, 0.6) is 17.2 Å². The zero-order valence-electron chi connectivity index (χ0n) is 28.1. The summed E-state index contributed by atoms with van der Waals surface area (Å²) in [5.41, 5.74) is 4.03. The number of hydrogen-bond donors (Lipinski definition) is 2. The zero-order valence-corrected chi connectivity index (χ0v) is 28.1. The Balaban J connectivity index is 1.22. The number of aromatic hydroxyl groups is 1. The van der Waals surface area contributed by atoms with E-state index >= 15 is 0 Å². The highest BCUT2D eigenvalue weighted by Crippen LogP contribution is 2.34. The van der Waals surface area contributed by atoms with Gasteiger partial charge in [0.05, 0.1) is 7.11 Å². The number of allylic oxidation sites excluding steroid dienone is 3. The number of carbonyl (C=O) groups is 1. The van der Waals surface area contributed by atoms with E-state index in [1.54, 1.807) is 19.3 Å². The quantitative estimate of drug-likeness (QED) is 0.146. The Labute approximate surface area is 289 Å². The van der Waals surface area contributed by atoms with Crippen LogP contribution in [0.15, 0.2) is 103 Å². The molecule has 0 fully saturated rings. The molecule has 4 aromatic carbocycles. The topological polar surface area (TPSA) is 85.2 Å². The van der Waals surface area contributed by atoms with Crippen molar-refractivity contribution in [1.82, 2.24) is 0 Å². The van der Waals surface area contributed by atoms with E-state index in [-0.39, 0.29) is 35.5 Å². The van der Waals surface area contributed by atoms with Crippen LogP contribution in [0.3, 0.4) is 0 Å². The Morgan fingerprint density at radius 1 is 0.918 bits per heavy atom. The van der Waals surface area contributed by atoms with E-state index in [4.69, 9.17) is 14.2 Å². The molecule has 1 aliphatic carbocycles. The van der Waals surface area contributed by atoms with E-state index < -0.39 is 6.10 Å². The van der Waals surface area contributed by atoms with Gasteiger partial charge in [0.1, 0.15) is 36.1 Å². The lowest BCUT2D eigenvalue weighted by Gasteiger charge is -2.28. The number of ketones is 1. The highest BCUT2D eigenvalue weighted by Gasteiger charge is 2.27. The number of methoxy groups -OCH3 is 1. The van der Waals surface area contributed by atoms with E-state index in [0.29, 0.717) is 43.8 Å². The molecule has 2 aliphatic heterocycles. The van der Waals surface area contributed by atoms with E-state index in [2.05, 4.69) is 48.4 Å². The van der Waals surface area contributed by atoms with E-state index in [9.17, 15) is 15.0 Å². The summed E-state index contributed by atoms with van der Waals surface area (Å²) in [4.78, 5) is 13.4. The van der Waals surface area contributed by atoms with Crippen LogP contribution in [0.2, 0.25) is 0 Å². The lowest BCUT2D eigenvalue weighted by Crippen LogP contribution is -2.24. The maximum atomic E-state index is 13.4. The van der Waals surface area contributed by atoms with Gasteiger partial charge in [-0.2, -0.15) is 0 Å². The predicted molar refractivity (Wildman–Crippen MR) is 193 cm³/mol. The number of aliphatic hydroxyl groups is 1. The largest absolute Gasteiger partial charge is 0.508 e. The highest BCUT2D eigenvalue weighted by molar-refractivity contribution is 5.88. The van der Waals surface area contributed by atoms with Crippen molar-refractivity contribution >= 4 is 16.6 Å². The van der Waals surface area contributed by atoms with Crippen LogP contribution in [-0.4, -0.2) is 29.2 Å². The first-order valence-electron chi connectivity index (χ1n) is 17.3. The summed E-state index contributed by atoms with van der Waals surface area (Å²) in [6.45, 7) is 0.342. The van der Waals surface area contributed by atoms with Crippen LogP contribution < -0.4 is 9.47 Å². The Bertz CT molecular complexity index is 1880. The van der Waals surface area contributed by atoms with Crippen molar-refractivity contribution in [2.75, 3.05) is 7.11 Å². The molecule has 0 amide bonds. The van der Waals surface area contributed by atoms with Gasteiger partial charge in [-0.1, -0.05) is 73.0 Å². The van der Waals surface area contributed by atoms with Gasteiger partial charge in [0.15, 0.2) is 11.5 Å². The molecule has 0 saturated carbocycles. The summed E-state index contributed by atoms with van der Waals surface area (Å²) < 4.78 is 17.9. The van der Waals surface area contributed by atoms with Gasteiger partial charge in [-0.15, -0.1) is 0 Å². The van der Waals surface area contributed by atoms with Crippen LogP contribution in [0.4, 0.5) is 0 Å². The number of aryl methyl sites for hydroxylation is 2. The average molecular weight is 657 g/mol. The van der Waals surface area contributed by atoms with E-state index in [1.165, 1.54) is 5.56 Å².